The summed E-state index contributed by atoms with van der Waals surface area (Å²) in [4.78, 5) is 25.0. The molecule has 0 saturated carbocycles. The highest BCUT2D eigenvalue weighted by Crippen LogP contribution is 2.16. The van der Waals surface area contributed by atoms with E-state index < -0.39 is 18.9 Å². The van der Waals surface area contributed by atoms with Crippen molar-refractivity contribution < 1.29 is 22.7 Å². The summed E-state index contributed by atoms with van der Waals surface area (Å²) in [6.45, 7) is -1.66. The van der Waals surface area contributed by atoms with Gasteiger partial charge in [0.15, 0.2) is 6.61 Å². The molecule has 0 aliphatic rings. The Balaban J connectivity index is 1.98. The third-order valence-electron chi connectivity index (χ3n) is 2.41. The zero-order valence-corrected chi connectivity index (χ0v) is 10.5. The molecule has 0 spiro atoms. The van der Waals surface area contributed by atoms with Crippen molar-refractivity contribution in [3.63, 3.8) is 0 Å². The first-order valence-electron chi connectivity index (χ1n) is 5.72. The van der Waals surface area contributed by atoms with Crippen molar-refractivity contribution in [2.45, 2.75) is 6.18 Å². The standard InChI is InChI=1S/C12H10F3N3O3/c13-12(14,15)7-21-11(20)17-8-1-3-9(4-2-8)18-6-5-16-10(18)19/h1-6H,7H2,(H,16,19)(H,17,20). The number of carbonyl (C=O) groups excluding carboxylic acids is 1. The zero-order valence-electron chi connectivity index (χ0n) is 10.5. The molecule has 1 heterocycles. The largest absolute Gasteiger partial charge is 0.440 e. The van der Waals surface area contributed by atoms with Crippen molar-refractivity contribution in [2.75, 3.05) is 11.9 Å². The number of hydrogen-bond acceptors (Lipinski definition) is 3. The van der Waals surface area contributed by atoms with Gasteiger partial charge in [0.1, 0.15) is 0 Å². The summed E-state index contributed by atoms with van der Waals surface area (Å²) in [5.41, 5.74) is 0.449. The lowest BCUT2D eigenvalue weighted by atomic mass is 10.3. The van der Waals surface area contributed by atoms with Gasteiger partial charge in [0.25, 0.3) is 0 Å². The lowest BCUT2D eigenvalue weighted by molar-refractivity contribution is -0.159. The maximum Gasteiger partial charge on any atom is 0.422 e. The van der Waals surface area contributed by atoms with Crippen molar-refractivity contribution in [1.29, 1.82) is 0 Å². The topological polar surface area (TPSA) is 76.1 Å². The molecule has 1 amide bonds. The van der Waals surface area contributed by atoms with Gasteiger partial charge < -0.3 is 9.72 Å². The van der Waals surface area contributed by atoms with E-state index in [1.807, 2.05) is 0 Å². The summed E-state index contributed by atoms with van der Waals surface area (Å²) in [5, 5.41) is 2.15. The van der Waals surface area contributed by atoms with Crippen LogP contribution >= 0.6 is 0 Å². The molecule has 2 rings (SSSR count). The third-order valence-corrected chi connectivity index (χ3v) is 2.41. The molecule has 0 aliphatic heterocycles. The first-order chi connectivity index (χ1) is 9.85. The summed E-state index contributed by atoms with van der Waals surface area (Å²) in [5.74, 6) is 0. The molecule has 0 bridgehead atoms. The summed E-state index contributed by atoms with van der Waals surface area (Å²) in [7, 11) is 0. The minimum Gasteiger partial charge on any atom is -0.440 e. The van der Waals surface area contributed by atoms with Crippen molar-refractivity contribution in [1.82, 2.24) is 9.55 Å². The van der Waals surface area contributed by atoms with Gasteiger partial charge in [-0.3, -0.25) is 9.88 Å². The number of hydrogen-bond donors (Lipinski definition) is 2. The highest BCUT2D eigenvalue weighted by molar-refractivity contribution is 5.84. The number of anilines is 1. The van der Waals surface area contributed by atoms with Crippen LogP contribution < -0.4 is 11.0 Å². The maximum atomic E-state index is 11.9. The highest BCUT2D eigenvalue weighted by atomic mass is 19.4. The van der Waals surface area contributed by atoms with Gasteiger partial charge in [-0.05, 0) is 24.3 Å². The smallest absolute Gasteiger partial charge is 0.422 e. The molecule has 6 nitrogen and oxygen atoms in total. The van der Waals surface area contributed by atoms with E-state index in [-0.39, 0.29) is 11.4 Å². The summed E-state index contributed by atoms with van der Waals surface area (Å²) in [6, 6.07) is 5.91. The molecular weight excluding hydrogens is 291 g/mol. The van der Waals surface area contributed by atoms with Gasteiger partial charge in [-0.1, -0.05) is 0 Å². The van der Waals surface area contributed by atoms with Crippen LogP contribution in [0.4, 0.5) is 23.7 Å². The number of imidazole rings is 1. The first kappa shape index (κ1) is 14.7. The van der Waals surface area contributed by atoms with E-state index in [1.165, 1.54) is 41.2 Å². The highest BCUT2D eigenvalue weighted by Gasteiger charge is 2.29. The molecular formula is C12H10F3N3O3. The number of amides is 1. The van der Waals surface area contributed by atoms with Crippen molar-refractivity contribution in [3.05, 3.63) is 47.1 Å². The Kier molecular flexibility index (Phi) is 4.01. The van der Waals surface area contributed by atoms with E-state index in [9.17, 15) is 22.8 Å². The molecule has 2 aromatic rings. The van der Waals surface area contributed by atoms with Crippen LogP contribution in [0.25, 0.3) is 5.69 Å². The van der Waals surface area contributed by atoms with Crippen molar-refractivity contribution in [2.24, 2.45) is 0 Å². The minimum absolute atomic E-state index is 0.245. The molecule has 1 aromatic heterocycles. The van der Waals surface area contributed by atoms with E-state index in [1.54, 1.807) is 0 Å². The minimum atomic E-state index is -4.57. The number of benzene rings is 1. The summed E-state index contributed by atoms with van der Waals surface area (Å²) < 4.78 is 40.9. The molecule has 0 unspecified atom stereocenters. The zero-order chi connectivity index (χ0) is 15.5. The fourth-order valence-corrected chi connectivity index (χ4v) is 1.53. The van der Waals surface area contributed by atoms with Crippen molar-refractivity contribution >= 4 is 11.8 Å². The van der Waals surface area contributed by atoms with Gasteiger partial charge >= 0.3 is 18.0 Å². The van der Waals surface area contributed by atoms with Crippen LogP contribution in [0.2, 0.25) is 0 Å². The van der Waals surface area contributed by atoms with E-state index in [0.29, 0.717) is 5.69 Å². The molecule has 21 heavy (non-hydrogen) atoms. The fraction of sp³-hybridized carbons (Fsp3) is 0.167. The van der Waals surface area contributed by atoms with E-state index in [2.05, 4.69) is 15.0 Å². The van der Waals surface area contributed by atoms with Crippen LogP contribution in [0, 0.1) is 0 Å². The molecule has 1 aromatic carbocycles. The summed E-state index contributed by atoms with van der Waals surface area (Å²) in [6.07, 6.45) is -2.80. The fourth-order valence-electron chi connectivity index (χ4n) is 1.53. The lowest BCUT2D eigenvalue weighted by Gasteiger charge is -2.09. The van der Waals surface area contributed by atoms with Crippen LogP contribution in [0.3, 0.4) is 0 Å². The number of H-pyrrole nitrogens is 1. The van der Waals surface area contributed by atoms with Gasteiger partial charge in [-0.2, -0.15) is 13.2 Å². The molecule has 0 saturated heterocycles. The molecule has 0 aliphatic carbocycles. The Morgan fingerprint density at radius 2 is 1.95 bits per heavy atom. The van der Waals surface area contributed by atoms with Crippen LogP contribution in [0.5, 0.6) is 0 Å². The Morgan fingerprint density at radius 1 is 1.29 bits per heavy atom. The number of ether oxygens (including phenoxy) is 1. The molecule has 2 N–H and O–H groups in total. The quantitative estimate of drug-likeness (QED) is 0.913. The normalized spacial score (nSPS) is 11.2. The Bertz CT molecular complexity index is 673. The molecule has 0 radical (unpaired) electrons. The molecule has 112 valence electrons. The van der Waals surface area contributed by atoms with Gasteiger partial charge in [-0.15, -0.1) is 0 Å². The Morgan fingerprint density at radius 3 is 2.48 bits per heavy atom. The molecule has 9 heteroatoms. The number of aromatic amines is 1. The van der Waals surface area contributed by atoms with E-state index in [0.717, 1.165) is 0 Å². The summed E-state index contributed by atoms with van der Waals surface area (Å²) >= 11 is 0. The van der Waals surface area contributed by atoms with Crippen LogP contribution in [0.15, 0.2) is 41.5 Å². The number of alkyl halides is 3. The average molecular weight is 301 g/mol. The van der Waals surface area contributed by atoms with Gasteiger partial charge in [0.05, 0.1) is 5.69 Å². The molecule has 0 atom stereocenters. The second-order valence-corrected chi connectivity index (χ2v) is 4.00. The van der Waals surface area contributed by atoms with Gasteiger partial charge in [0, 0.05) is 18.1 Å². The monoisotopic (exact) mass is 301 g/mol. The number of carbonyl (C=O) groups is 1. The number of halogens is 3. The van der Waals surface area contributed by atoms with Crippen LogP contribution in [0.1, 0.15) is 0 Å². The van der Waals surface area contributed by atoms with Crippen LogP contribution in [-0.4, -0.2) is 28.4 Å². The average Bonchev–Trinajstić information content (AvgIpc) is 2.83. The predicted octanol–water partition coefficient (Wildman–Crippen LogP) is 2.28. The lowest BCUT2D eigenvalue weighted by Crippen LogP contribution is -2.23. The van der Waals surface area contributed by atoms with Crippen LogP contribution in [-0.2, 0) is 4.74 Å². The first-order valence-corrected chi connectivity index (χ1v) is 5.72. The van der Waals surface area contributed by atoms with E-state index in [4.69, 9.17) is 0 Å². The maximum absolute atomic E-state index is 11.9. The SMILES string of the molecule is O=C(Nc1ccc(-n2cc[nH]c2=O)cc1)OCC(F)(F)F. The van der Waals surface area contributed by atoms with Gasteiger partial charge in [0.2, 0.25) is 0 Å². The van der Waals surface area contributed by atoms with Gasteiger partial charge in [-0.25, -0.2) is 9.59 Å². The second kappa shape index (κ2) is 5.73. The Labute approximate surface area is 116 Å². The third kappa shape index (κ3) is 4.13. The Hall–Kier alpha value is -2.71. The second-order valence-electron chi connectivity index (χ2n) is 4.00. The van der Waals surface area contributed by atoms with E-state index >= 15 is 0 Å². The number of aromatic nitrogens is 2. The molecule has 0 fully saturated rings. The number of rotatable bonds is 3. The number of nitrogens with one attached hydrogen (secondary N) is 2. The number of nitrogens with zero attached hydrogens (tertiary/aromatic N) is 1. The predicted molar refractivity (Wildman–Crippen MR) is 67.4 cm³/mol. The van der Waals surface area contributed by atoms with Crippen molar-refractivity contribution in [3.8, 4) is 5.69 Å².